The van der Waals surface area contributed by atoms with E-state index in [0.717, 1.165) is 12.1 Å². The molecule has 0 saturated heterocycles. The van der Waals surface area contributed by atoms with Crippen molar-refractivity contribution in [2.45, 2.75) is 0 Å². The number of ether oxygens (including phenoxy) is 1. The van der Waals surface area contributed by atoms with Crippen LogP contribution in [0.15, 0.2) is 12.3 Å². The first-order valence-corrected chi connectivity index (χ1v) is 4.53. The predicted molar refractivity (Wildman–Crippen MR) is 56.6 cm³/mol. The van der Waals surface area contributed by atoms with Crippen LogP contribution in [0.2, 0.25) is 5.28 Å². The van der Waals surface area contributed by atoms with Crippen LogP contribution in [0.1, 0.15) is 5.56 Å². The van der Waals surface area contributed by atoms with Gasteiger partial charge in [0.2, 0.25) is 11.2 Å². The Hall–Kier alpha value is -1.13. The molecule has 76 valence electrons. The van der Waals surface area contributed by atoms with E-state index in [1.807, 2.05) is 19.2 Å². The van der Waals surface area contributed by atoms with Gasteiger partial charge in [-0.25, -0.2) is 4.98 Å². The standard InChI is InChI=1S/C9H12ClN3O/c1-11-5-3-4-7-6-12-9(10)13-8(7)14-2/h3-4,6,11H,5H2,1-2H3. The predicted octanol–water partition coefficient (Wildman–Crippen LogP) is 1.37. The molecule has 14 heavy (non-hydrogen) atoms. The first kappa shape index (κ1) is 10.9. The molecule has 0 aliphatic heterocycles. The largest absolute Gasteiger partial charge is 0.480 e. The molecule has 1 N–H and O–H groups in total. The third-order valence-electron chi connectivity index (χ3n) is 1.56. The van der Waals surface area contributed by atoms with Crippen LogP contribution in [0.4, 0.5) is 0 Å². The van der Waals surface area contributed by atoms with Gasteiger partial charge in [-0.3, -0.25) is 0 Å². The minimum Gasteiger partial charge on any atom is -0.480 e. The molecule has 1 heterocycles. The van der Waals surface area contributed by atoms with Crippen molar-refractivity contribution in [3.05, 3.63) is 23.1 Å². The number of halogens is 1. The minimum absolute atomic E-state index is 0.188. The zero-order chi connectivity index (χ0) is 10.4. The SMILES string of the molecule is CNCC=Cc1cnc(Cl)nc1OC. The summed E-state index contributed by atoms with van der Waals surface area (Å²) in [6.07, 6.45) is 5.46. The number of nitrogens with zero attached hydrogens (tertiary/aromatic N) is 2. The van der Waals surface area contributed by atoms with E-state index in [4.69, 9.17) is 16.3 Å². The molecule has 0 aliphatic rings. The summed E-state index contributed by atoms with van der Waals surface area (Å²) in [5, 5.41) is 3.18. The lowest BCUT2D eigenvalue weighted by Crippen LogP contribution is -2.03. The van der Waals surface area contributed by atoms with Crippen molar-refractivity contribution in [3.8, 4) is 5.88 Å². The number of rotatable bonds is 4. The fourth-order valence-corrected chi connectivity index (χ4v) is 1.06. The van der Waals surface area contributed by atoms with Crippen LogP contribution in [-0.2, 0) is 0 Å². The van der Waals surface area contributed by atoms with E-state index in [9.17, 15) is 0 Å². The monoisotopic (exact) mass is 213 g/mol. The van der Waals surface area contributed by atoms with Gasteiger partial charge in [0.15, 0.2) is 0 Å². The van der Waals surface area contributed by atoms with Crippen molar-refractivity contribution in [1.82, 2.24) is 15.3 Å². The maximum atomic E-state index is 5.62. The zero-order valence-electron chi connectivity index (χ0n) is 8.12. The second-order valence-corrected chi connectivity index (χ2v) is 2.90. The summed E-state index contributed by atoms with van der Waals surface area (Å²) in [5.74, 6) is 0.484. The Balaban J connectivity index is 2.85. The van der Waals surface area contributed by atoms with E-state index in [1.165, 1.54) is 0 Å². The Morgan fingerprint density at radius 3 is 3.07 bits per heavy atom. The van der Waals surface area contributed by atoms with Crippen LogP contribution >= 0.6 is 11.6 Å². The molecule has 0 saturated carbocycles. The summed E-state index contributed by atoms with van der Waals surface area (Å²) in [6.45, 7) is 0.784. The number of hydrogen-bond acceptors (Lipinski definition) is 4. The highest BCUT2D eigenvalue weighted by atomic mass is 35.5. The Morgan fingerprint density at radius 2 is 2.43 bits per heavy atom. The summed E-state index contributed by atoms with van der Waals surface area (Å²) in [7, 11) is 3.42. The fraction of sp³-hybridized carbons (Fsp3) is 0.333. The Kier molecular flexibility index (Phi) is 4.35. The quantitative estimate of drug-likeness (QED) is 0.768. The summed E-state index contributed by atoms with van der Waals surface area (Å²) in [6, 6.07) is 0. The van der Waals surface area contributed by atoms with E-state index < -0.39 is 0 Å². The number of nitrogens with one attached hydrogen (secondary N) is 1. The van der Waals surface area contributed by atoms with Crippen LogP contribution in [0.25, 0.3) is 6.08 Å². The third-order valence-corrected chi connectivity index (χ3v) is 1.75. The molecule has 0 fully saturated rings. The molecule has 0 aromatic carbocycles. The molecule has 5 heteroatoms. The molecule has 0 atom stereocenters. The van der Waals surface area contributed by atoms with Gasteiger partial charge in [0, 0.05) is 12.7 Å². The summed E-state index contributed by atoms with van der Waals surface area (Å²) >= 11 is 5.62. The van der Waals surface area contributed by atoms with E-state index in [-0.39, 0.29) is 5.28 Å². The van der Waals surface area contributed by atoms with Gasteiger partial charge in [-0.05, 0) is 18.6 Å². The topological polar surface area (TPSA) is 47.0 Å². The lowest BCUT2D eigenvalue weighted by Gasteiger charge is -2.02. The average Bonchev–Trinajstić information content (AvgIpc) is 2.20. The van der Waals surface area contributed by atoms with Gasteiger partial charge < -0.3 is 10.1 Å². The first-order chi connectivity index (χ1) is 6.77. The average molecular weight is 214 g/mol. The Morgan fingerprint density at radius 1 is 1.64 bits per heavy atom. The number of likely N-dealkylation sites (N-methyl/N-ethyl adjacent to an activating group) is 1. The molecule has 1 rings (SSSR count). The molecule has 0 aliphatic carbocycles. The smallest absolute Gasteiger partial charge is 0.225 e. The highest BCUT2D eigenvalue weighted by Crippen LogP contribution is 2.17. The van der Waals surface area contributed by atoms with Gasteiger partial charge in [-0.15, -0.1) is 0 Å². The van der Waals surface area contributed by atoms with Gasteiger partial charge in [0.25, 0.3) is 0 Å². The Bertz CT molecular complexity index is 328. The van der Waals surface area contributed by atoms with Crippen LogP contribution in [0.5, 0.6) is 5.88 Å². The van der Waals surface area contributed by atoms with Crippen molar-refractivity contribution < 1.29 is 4.74 Å². The van der Waals surface area contributed by atoms with Gasteiger partial charge >= 0.3 is 0 Å². The molecule has 0 unspecified atom stereocenters. The van der Waals surface area contributed by atoms with E-state index in [1.54, 1.807) is 13.3 Å². The fourth-order valence-electron chi connectivity index (χ4n) is 0.937. The molecule has 0 amide bonds. The second-order valence-electron chi connectivity index (χ2n) is 2.56. The summed E-state index contributed by atoms with van der Waals surface area (Å²) in [4.78, 5) is 7.80. The zero-order valence-corrected chi connectivity index (χ0v) is 8.88. The molecule has 1 aromatic heterocycles. The first-order valence-electron chi connectivity index (χ1n) is 4.15. The highest BCUT2D eigenvalue weighted by Gasteiger charge is 2.02. The highest BCUT2D eigenvalue weighted by molar-refractivity contribution is 6.28. The van der Waals surface area contributed by atoms with Crippen molar-refractivity contribution in [2.75, 3.05) is 20.7 Å². The van der Waals surface area contributed by atoms with Gasteiger partial charge in [-0.1, -0.05) is 12.2 Å². The number of methoxy groups -OCH3 is 1. The lowest BCUT2D eigenvalue weighted by molar-refractivity contribution is 0.396. The lowest BCUT2D eigenvalue weighted by atomic mass is 10.3. The summed E-state index contributed by atoms with van der Waals surface area (Å²) < 4.78 is 5.05. The van der Waals surface area contributed by atoms with Crippen molar-refractivity contribution in [2.24, 2.45) is 0 Å². The molecular formula is C9H12ClN3O. The maximum absolute atomic E-state index is 5.62. The van der Waals surface area contributed by atoms with E-state index >= 15 is 0 Å². The Labute approximate surface area is 88.0 Å². The van der Waals surface area contributed by atoms with Crippen molar-refractivity contribution >= 4 is 17.7 Å². The molecule has 0 radical (unpaired) electrons. The van der Waals surface area contributed by atoms with E-state index in [2.05, 4.69) is 15.3 Å². The van der Waals surface area contributed by atoms with Crippen LogP contribution in [0, 0.1) is 0 Å². The summed E-state index contributed by atoms with van der Waals surface area (Å²) in [5.41, 5.74) is 0.812. The molecule has 0 bridgehead atoms. The molecular weight excluding hydrogens is 202 g/mol. The van der Waals surface area contributed by atoms with Crippen LogP contribution < -0.4 is 10.1 Å². The van der Waals surface area contributed by atoms with Crippen molar-refractivity contribution in [1.29, 1.82) is 0 Å². The van der Waals surface area contributed by atoms with Gasteiger partial charge in [0.1, 0.15) is 0 Å². The van der Waals surface area contributed by atoms with Crippen molar-refractivity contribution in [3.63, 3.8) is 0 Å². The van der Waals surface area contributed by atoms with Gasteiger partial charge in [-0.2, -0.15) is 4.98 Å². The normalized spacial score (nSPS) is 10.8. The number of hydrogen-bond donors (Lipinski definition) is 1. The maximum Gasteiger partial charge on any atom is 0.225 e. The van der Waals surface area contributed by atoms with Gasteiger partial charge in [0.05, 0.1) is 12.7 Å². The van der Waals surface area contributed by atoms with Crippen LogP contribution in [0.3, 0.4) is 0 Å². The third kappa shape index (κ3) is 2.97. The second kappa shape index (κ2) is 5.57. The number of aromatic nitrogens is 2. The molecule has 1 aromatic rings. The van der Waals surface area contributed by atoms with Crippen LogP contribution in [-0.4, -0.2) is 30.7 Å². The molecule has 4 nitrogen and oxygen atoms in total. The minimum atomic E-state index is 0.188. The van der Waals surface area contributed by atoms with E-state index in [0.29, 0.717) is 5.88 Å². The molecule has 0 spiro atoms.